The minimum atomic E-state index is 0.276. The third kappa shape index (κ3) is 1.09. The van der Waals surface area contributed by atoms with Crippen LogP contribution >= 0.6 is 0 Å². The predicted octanol–water partition coefficient (Wildman–Crippen LogP) is 0.901. The molecule has 2 N–H and O–H groups in total. The Morgan fingerprint density at radius 2 is 2.18 bits per heavy atom. The minimum Gasteiger partial charge on any atom is -0.396 e. The van der Waals surface area contributed by atoms with Gasteiger partial charge in [0.25, 0.3) is 0 Å². The van der Waals surface area contributed by atoms with E-state index in [1.54, 1.807) is 0 Å². The lowest BCUT2D eigenvalue weighted by Gasteiger charge is -2.38. The second-order valence-electron chi connectivity index (χ2n) is 4.02. The molecule has 0 spiro atoms. The Hall–Kier alpha value is -0.0800. The number of aliphatic hydroxyl groups excluding tert-OH is 1. The fourth-order valence-electron chi connectivity index (χ4n) is 2.74. The van der Waals surface area contributed by atoms with Crippen LogP contribution in [0.4, 0.5) is 0 Å². The van der Waals surface area contributed by atoms with Crippen LogP contribution in [0.2, 0.25) is 0 Å². The highest BCUT2D eigenvalue weighted by Gasteiger charge is 2.43. The number of piperidine rings is 1. The van der Waals surface area contributed by atoms with Gasteiger partial charge < -0.3 is 10.4 Å². The van der Waals surface area contributed by atoms with Crippen LogP contribution in [0.5, 0.6) is 0 Å². The van der Waals surface area contributed by atoms with Crippen molar-refractivity contribution >= 4 is 0 Å². The van der Waals surface area contributed by atoms with Crippen molar-refractivity contribution < 1.29 is 5.11 Å². The number of aliphatic hydroxyl groups is 1. The van der Waals surface area contributed by atoms with Gasteiger partial charge in [0.15, 0.2) is 0 Å². The van der Waals surface area contributed by atoms with Gasteiger partial charge in [-0.1, -0.05) is 6.42 Å². The third-order valence-electron chi connectivity index (χ3n) is 3.46. The molecule has 2 rings (SSSR count). The highest BCUT2D eigenvalue weighted by Crippen LogP contribution is 2.43. The molecular weight excluding hydrogens is 138 g/mol. The summed E-state index contributed by atoms with van der Waals surface area (Å²) in [5.41, 5.74) is 0.276. The maximum atomic E-state index is 9.31. The van der Waals surface area contributed by atoms with Crippen LogP contribution in [0.1, 0.15) is 32.1 Å². The molecule has 0 aromatic heterocycles. The quantitative estimate of drug-likeness (QED) is 0.589. The smallest absolute Gasteiger partial charge is 0.0502 e. The van der Waals surface area contributed by atoms with Gasteiger partial charge in [-0.25, -0.2) is 0 Å². The summed E-state index contributed by atoms with van der Waals surface area (Å²) < 4.78 is 0. The number of fused-ring (bicyclic) bond motifs is 1. The summed E-state index contributed by atoms with van der Waals surface area (Å²) in [5.74, 6) is 0. The van der Waals surface area contributed by atoms with Gasteiger partial charge in [-0.05, 0) is 32.2 Å². The molecule has 1 aliphatic heterocycles. The standard InChI is InChI=1S/C9H17NO/c11-7-9-4-1-3-8(9)10-6-2-5-9/h8,10-11H,1-7H2/t8-,9-/m0/s1. The van der Waals surface area contributed by atoms with Gasteiger partial charge in [-0.3, -0.25) is 0 Å². The highest BCUT2D eigenvalue weighted by atomic mass is 16.3. The summed E-state index contributed by atoms with van der Waals surface area (Å²) in [6.45, 7) is 1.55. The van der Waals surface area contributed by atoms with Gasteiger partial charge in [0.2, 0.25) is 0 Å². The van der Waals surface area contributed by atoms with Gasteiger partial charge >= 0.3 is 0 Å². The lowest BCUT2D eigenvalue weighted by Crippen LogP contribution is -2.48. The van der Waals surface area contributed by atoms with E-state index in [4.69, 9.17) is 0 Å². The molecule has 2 atom stereocenters. The molecule has 0 aromatic rings. The average molecular weight is 155 g/mol. The van der Waals surface area contributed by atoms with Gasteiger partial charge in [0.05, 0.1) is 6.61 Å². The SMILES string of the molecule is OC[C@]12CCCN[C@H]1CCC2. The van der Waals surface area contributed by atoms with Crippen molar-refractivity contribution in [3.8, 4) is 0 Å². The van der Waals surface area contributed by atoms with Crippen LogP contribution in [0, 0.1) is 5.41 Å². The fraction of sp³-hybridized carbons (Fsp3) is 1.00. The Labute approximate surface area is 68.0 Å². The second-order valence-corrected chi connectivity index (χ2v) is 4.02. The average Bonchev–Trinajstić information content (AvgIpc) is 2.48. The van der Waals surface area contributed by atoms with Crippen molar-refractivity contribution in [1.29, 1.82) is 0 Å². The molecule has 1 saturated carbocycles. The van der Waals surface area contributed by atoms with Gasteiger partial charge in [-0.15, -0.1) is 0 Å². The molecule has 0 unspecified atom stereocenters. The first-order valence-corrected chi connectivity index (χ1v) is 4.72. The van der Waals surface area contributed by atoms with Crippen LogP contribution in [0.25, 0.3) is 0 Å². The summed E-state index contributed by atoms with van der Waals surface area (Å²) in [7, 11) is 0. The zero-order chi connectivity index (χ0) is 7.73. The van der Waals surface area contributed by atoms with E-state index < -0.39 is 0 Å². The van der Waals surface area contributed by atoms with Crippen molar-refractivity contribution in [1.82, 2.24) is 5.32 Å². The lowest BCUT2D eigenvalue weighted by molar-refractivity contribution is 0.0717. The van der Waals surface area contributed by atoms with E-state index in [-0.39, 0.29) is 5.41 Å². The van der Waals surface area contributed by atoms with Crippen molar-refractivity contribution in [3.05, 3.63) is 0 Å². The molecule has 0 bridgehead atoms. The maximum Gasteiger partial charge on any atom is 0.0502 e. The molecule has 0 amide bonds. The summed E-state index contributed by atoms with van der Waals surface area (Å²) in [4.78, 5) is 0. The van der Waals surface area contributed by atoms with E-state index in [2.05, 4.69) is 5.32 Å². The van der Waals surface area contributed by atoms with Gasteiger partial charge in [0, 0.05) is 11.5 Å². The summed E-state index contributed by atoms with van der Waals surface area (Å²) >= 11 is 0. The van der Waals surface area contributed by atoms with Gasteiger partial charge in [0.1, 0.15) is 0 Å². The van der Waals surface area contributed by atoms with E-state index in [0.717, 1.165) is 6.54 Å². The Morgan fingerprint density at radius 1 is 1.36 bits per heavy atom. The lowest BCUT2D eigenvalue weighted by atomic mass is 9.77. The molecule has 0 aromatic carbocycles. The first-order chi connectivity index (χ1) is 5.37. The van der Waals surface area contributed by atoms with Crippen molar-refractivity contribution in [2.45, 2.75) is 38.1 Å². The van der Waals surface area contributed by atoms with Crippen LogP contribution in [0.3, 0.4) is 0 Å². The number of hydrogen-bond acceptors (Lipinski definition) is 2. The number of nitrogens with one attached hydrogen (secondary N) is 1. The molecule has 1 aliphatic carbocycles. The molecule has 1 saturated heterocycles. The fourth-order valence-corrected chi connectivity index (χ4v) is 2.74. The van der Waals surface area contributed by atoms with Gasteiger partial charge in [-0.2, -0.15) is 0 Å². The van der Waals surface area contributed by atoms with E-state index in [1.165, 1.54) is 32.1 Å². The molecule has 1 heterocycles. The molecule has 2 fully saturated rings. The Bertz CT molecular complexity index is 148. The number of rotatable bonds is 1. The molecule has 2 nitrogen and oxygen atoms in total. The molecule has 11 heavy (non-hydrogen) atoms. The van der Waals surface area contributed by atoms with Crippen LogP contribution in [0.15, 0.2) is 0 Å². The van der Waals surface area contributed by atoms with E-state index >= 15 is 0 Å². The molecule has 2 aliphatic rings. The Balaban J connectivity index is 2.12. The Morgan fingerprint density at radius 3 is 2.91 bits per heavy atom. The molecule has 0 radical (unpaired) electrons. The number of hydrogen-bond donors (Lipinski definition) is 2. The molecule has 2 heteroatoms. The van der Waals surface area contributed by atoms with Crippen LogP contribution in [-0.2, 0) is 0 Å². The molecular formula is C9H17NO. The van der Waals surface area contributed by atoms with E-state index in [0.29, 0.717) is 12.6 Å². The first kappa shape index (κ1) is 7.56. The summed E-state index contributed by atoms with van der Waals surface area (Å²) in [6, 6.07) is 0.626. The second kappa shape index (κ2) is 2.76. The monoisotopic (exact) mass is 155 g/mol. The zero-order valence-electron chi connectivity index (χ0n) is 6.97. The van der Waals surface area contributed by atoms with Crippen molar-refractivity contribution in [2.75, 3.05) is 13.2 Å². The largest absolute Gasteiger partial charge is 0.396 e. The van der Waals surface area contributed by atoms with Crippen LogP contribution < -0.4 is 5.32 Å². The van der Waals surface area contributed by atoms with E-state index in [9.17, 15) is 5.11 Å². The highest BCUT2D eigenvalue weighted by molar-refractivity contribution is 4.98. The van der Waals surface area contributed by atoms with Crippen molar-refractivity contribution in [3.63, 3.8) is 0 Å². The third-order valence-corrected chi connectivity index (χ3v) is 3.46. The minimum absolute atomic E-state index is 0.276. The van der Waals surface area contributed by atoms with Crippen molar-refractivity contribution in [2.24, 2.45) is 5.41 Å². The normalized spacial score (nSPS) is 43.9. The summed E-state index contributed by atoms with van der Waals surface area (Å²) in [6.07, 6.45) is 6.30. The topological polar surface area (TPSA) is 32.3 Å². The maximum absolute atomic E-state index is 9.31. The zero-order valence-corrected chi connectivity index (χ0v) is 6.97. The van der Waals surface area contributed by atoms with Crippen LogP contribution in [-0.4, -0.2) is 24.3 Å². The Kier molecular flexibility index (Phi) is 1.90. The van der Waals surface area contributed by atoms with E-state index in [1.807, 2.05) is 0 Å². The first-order valence-electron chi connectivity index (χ1n) is 4.72. The molecule has 64 valence electrons. The summed E-state index contributed by atoms with van der Waals surface area (Å²) in [5, 5.41) is 12.8. The predicted molar refractivity (Wildman–Crippen MR) is 44.4 cm³/mol.